The Balaban J connectivity index is 1.93. The molecule has 0 atom stereocenters. The van der Waals surface area contributed by atoms with Gasteiger partial charge in [0.05, 0.1) is 7.11 Å². The van der Waals surface area contributed by atoms with Crippen LogP contribution in [0.4, 0.5) is 5.69 Å². The van der Waals surface area contributed by atoms with Gasteiger partial charge in [-0.25, -0.2) is 4.79 Å². The molecule has 0 bridgehead atoms. The van der Waals surface area contributed by atoms with E-state index in [1.54, 1.807) is 31.4 Å². The molecule has 0 aliphatic heterocycles. The number of hydrogen-bond acceptors (Lipinski definition) is 5. The summed E-state index contributed by atoms with van der Waals surface area (Å²) in [6, 6.07) is 12.6. The smallest absolute Gasteiger partial charge is 0.349 e. The van der Waals surface area contributed by atoms with Gasteiger partial charge in [0.1, 0.15) is 16.9 Å². The van der Waals surface area contributed by atoms with E-state index < -0.39 is 11.5 Å². The standard InChI is InChI=1S/C21H22N2O4/c1-4-16-18(26-3)10-7-14-11-17(21(25)27-19(14)16)20(24)23-15-8-5-13(6-9-15)12-22-2/h5-11,22H,4,12H2,1-3H3,(H,23,24). The second-order valence-electron chi connectivity index (χ2n) is 6.15. The van der Waals surface area contributed by atoms with Crippen molar-refractivity contribution in [1.82, 2.24) is 5.32 Å². The van der Waals surface area contributed by atoms with E-state index in [1.807, 2.05) is 32.2 Å². The highest BCUT2D eigenvalue weighted by Crippen LogP contribution is 2.28. The third-order valence-electron chi connectivity index (χ3n) is 4.37. The minimum atomic E-state index is -0.672. The van der Waals surface area contributed by atoms with Crippen molar-refractivity contribution in [3.63, 3.8) is 0 Å². The van der Waals surface area contributed by atoms with Crippen LogP contribution in [-0.2, 0) is 13.0 Å². The molecule has 0 spiro atoms. The van der Waals surface area contributed by atoms with Gasteiger partial charge in [0.15, 0.2) is 0 Å². The lowest BCUT2D eigenvalue weighted by molar-refractivity contribution is 0.102. The van der Waals surface area contributed by atoms with Crippen LogP contribution in [0.1, 0.15) is 28.4 Å². The summed E-state index contributed by atoms with van der Waals surface area (Å²) < 4.78 is 10.8. The van der Waals surface area contributed by atoms with Gasteiger partial charge in [0.2, 0.25) is 0 Å². The number of methoxy groups -OCH3 is 1. The molecule has 0 saturated carbocycles. The maximum Gasteiger partial charge on any atom is 0.349 e. The van der Waals surface area contributed by atoms with Crippen LogP contribution in [0.3, 0.4) is 0 Å². The normalized spacial score (nSPS) is 10.8. The van der Waals surface area contributed by atoms with Gasteiger partial charge in [-0.2, -0.15) is 0 Å². The molecule has 0 unspecified atom stereocenters. The number of hydrogen-bond donors (Lipinski definition) is 2. The van der Waals surface area contributed by atoms with E-state index >= 15 is 0 Å². The minimum absolute atomic E-state index is 0.0333. The number of ether oxygens (including phenoxy) is 1. The average molecular weight is 366 g/mol. The average Bonchev–Trinajstić information content (AvgIpc) is 2.68. The van der Waals surface area contributed by atoms with Crippen LogP contribution in [0, 0.1) is 0 Å². The molecule has 2 aromatic carbocycles. The molecule has 0 radical (unpaired) electrons. The molecular formula is C21H22N2O4. The zero-order valence-electron chi connectivity index (χ0n) is 15.6. The molecule has 6 heteroatoms. The Kier molecular flexibility index (Phi) is 5.57. The number of carbonyl (C=O) groups is 1. The van der Waals surface area contributed by atoms with Crippen molar-refractivity contribution in [2.45, 2.75) is 19.9 Å². The summed E-state index contributed by atoms with van der Waals surface area (Å²) in [4.78, 5) is 25.0. The number of amides is 1. The Labute approximate surface area is 157 Å². The van der Waals surface area contributed by atoms with Crippen LogP contribution < -0.4 is 21.0 Å². The Bertz CT molecular complexity index is 1020. The highest BCUT2D eigenvalue weighted by atomic mass is 16.5. The second-order valence-corrected chi connectivity index (χ2v) is 6.15. The zero-order chi connectivity index (χ0) is 19.4. The van der Waals surface area contributed by atoms with E-state index in [0.29, 0.717) is 28.8 Å². The summed E-state index contributed by atoms with van der Waals surface area (Å²) in [7, 11) is 3.44. The van der Waals surface area contributed by atoms with Crippen molar-refractivity contribution < 1.29 is 13.9 Å². The number of rotatable bonds is 6. The van der Waals surface area contributed by atoms with Gasteiger partial charge in [-0.3, -0.25) is 4.79 Å². The Morgan fingerprint density at radius 2 is 1.89 bits per heavy atom. The zero-order valence-corrected chi connectivity index (χ0v) is 15.6. The van der Waals surface area contributed by atoms with Crippen LogP contribution in [-0.4, -0.2) is 20.1 Å². The monoisotopic (exact) mass is 366 g/mol. The van der Waals surface area contributed by atoms with Gasteiger partial charge in [0.25, 0.3) is 5.91 Å². The molecule has 6 nitrogen and oxygen atoms in total. The molecule has 1 heterocycles. The van der Waals surface area contributed by atoms with Crippen molar-refractivity contribution >= 4 is 22.6 Å². The van der Waals surface area contributed by atoms with E-state index in [0.717, 1.165) is 17.7 Å². The van der Waals surface area contributed by atoms with Crippen molar-refractivity contribution in [2.75, 3.05) is 19.5 Å². The summed E-state index contributed by atoms with van der Waals surface area (Å²) in [5.41, 5.74) is 2.27. The molecular weight excluding hydrogens is 344 g/mol. The number of carbonyl (C=O) groups excluding carboxylic acids is 1. The molecule has 2 N–H and O–H groups in total. The largest absolute Gasteiger partial charge is 0.496 e. The van der Waals surface area contributed by atoms with Crippen LogP contribution in [0.15, 0.2) is 51.7 Å². The maximum atomic E-state index is 12.6. The highest BCUT2D eigenvalue weighted by molar-refractivity contribution is 6.05. The van der Waals surface area contributed by atoms with E-state index in [2.05, 4.69) is 10.6 Å². The van der Waals surface area contributed by atoms with Crippen LogP contribution in [0.2, 0.25) is 0 Å². The molecule has 1 aromatic heterocycles. The van der Waals surface area contributed by atoms with E-state index in [-0.39, 0.29) is 5.56 Å². The van der Waals surface area contributed by atoms with Gasteiger partial charge < -0.3 is 19.8 Å². The summed E-state index contributed by atoms with van der Waals surface area (Å²) in [6.45, 7) is 2.70. The highest BCUT2D eigenvalue weighted by Gasteiger charge is 2.17. The number of fused-ring (bicyclic) bond motifs is 1. The lowest BCUT2D eigenvalue weighted by Crippen LogP contribution is -2.20. The Morgan fingerprint density at radius 3 is 2.52 bits per heavy atom. The van der Waals surface area contributed by atoms with Crippen molar-refractivity contribution in [3.05, 3.63) is 69.6 Å². The SMILES string of the molecule is CCc1c(OC)ccc2cc(C(=O)Nc3ccc(CNC)cc3)c(=O)oc12. The molecule has 3 aromatic rings. The van der Waals surface area contributed by atoms with Crippen molar-refractivity contribution in [2.24, 2.45) is 0 Å². The summed E-state index contributed by atoms with van der Waals surface area (Å²) in [5, 5.41) is 6.48. The molecule has 3 rings (SSSR count). The first kappa shape index (κ1) is 18.7. The summed E-state index contributed by atoms with van der Waals surface area (Å²) in [5.74, 6) is 0.160. The van der Waals surface area contributed by atoms with Crippen LogP contribution in [0.5, 0.6) is 5.75 Å². The van der Waals surface area contributed by atoms with Gasteiger partial charge >= 0.3 is 5.63 Å². The lowest BCUT2D eigenvalue weighted by atomic mass is 10.1. The van der Waals surface area contributed by atoms with Crippen LogP contribution in [0.25, 0.3) is 11.0 Å². The number of benzene rings is 2. The summed E-state index contributed by atoms with van der Waals surface area (Å²) >= 11 is 0. The molecule has 140 valence electrons. The molecule has 1 amide bonds. The van der Waals surface area contributed by atoms with Gasteiger partial charge in [-0.15, -0.1) is 0 Å². The van der Waals surface area contributed by atoms with Crippen LogP contribution >= 0.6 is 0 Å². The Hall–Kier alpha value is -3.12. The second kappa shape index (κ2) is 8.05. The van der Waals surface area contributed by atoms with Gasteiger partial charge in [0, 0.05) is 23.2 Å². The summed E-state index contributed by atoms with van der Waals surface area (Å²) in [6.07, 6.45) is 0.647. The molecule has 0 aliphatic carbocycles. The van der Waals surface area contributed by atoms with Crippen molar-refractivity contribution in [1.29, 1.82) is 0 Å². The molecule has 0 aliphatic rings. The fourth-order valence-corrected chi connectivity index (χ4v) is 3.02. The Morgan fingerprint density at radius 1 is 1.15 bits per heavy atom. The van der Waals surface area contributed by atoms with E-state index in [1.165, 1.54) is 0 Å². The number of anilines is 1. The molecule has 0 saturated heterocycles. The third-order valence-corrected chi connectivity index (χ3v) is 4.37. The molecule has 0 fully saturated rings. The van der Waals surface area contributed by atoms with E-state index in [9.17, 15) is 9.59 Å². The maximum absolute atomic E-state index is 12.6. The first-order chi connectivity index (χ1) is 13.1. The molecule has 27 heavy (non-hydrogen) atoms. The van der Waals surface area contributed by atoms with E-state index in [4.69, 9.17) is 9.15 Å². The topological polar surface area (TPSA) is 80.6 Å². The fourth-order valence-electron chi connectivity index (χ4n) is 3.02. The number of nitrogens with one attached hydrogen (secondary N) is 2. The quantitative estimate of drug-likeness (QED) is 0.654. The fraction of sp³-hybridized carbons (Fsp3) is 0.238. The van der Waals surface area contributed by atoms with Gasteiger partial charge in [-0.1, -0.05) is 19.1 Å². The van der Waals surface area contributed by atoms with Gasteiger partial charge in [-0.05, 0) is 49.4 Å². The third kappa shape index (κ3) is 3.85. The first-order valence-corrected chi connectivity index (χ1v) is 8.76. The predicted molar refractivity (Wildman–Crippen MR) is 106 cm³/mol. The number of aryl methyl sites for hydroxylation is 1. The predicted octanol–water partition coefficient (Wildman–Crippen LogP) is 3.34. The van der Waals surface area contributed by atoms with Crippen molar-refractivity contribution in [3.8, 4) is 5.75 Å². The first-order valence-electron chi connectivity index (χ1n) is 8.76. The minimum Gasteiger partial charge on any atom is -0.496 e. The lowest BCUT2D eigenvalue weighted by Gasteiger charge is -2.10.